The van der Waals surface area contributed by atoms with Crippen LogP contribution >= 0.6 is 0 Å². The van der Waals surface area contributed by atoms with E-state index >= 15 is 0 Å². The number of rotatable bonds is 4. The minimum absolute atomic E-state index is 0.192. The van der Waals surface area contributed by atoms with Crippen LogP contribution in [-0.2, 0) is 0 Å². The summed E-state index contributed by atoms with van der Waals surface area (Å²) in [7, 11) is 1.58. The molecule has 1 aliphatic heterocycles. The Morgan fingerprint density at radius 3 is 3.17 bits per heavy atom. The van der Waals surface area contributed by atoms with Crippen LogP contribution in [0.3, 0.4) is 0 Å². The zero-order valence-electron chi connectivity index (χ0n) is 10.4. The second-order valence-corrected chi connectivity index (χ2v) is 4.48. The molecule has 0 spiro atoms. The number of anilines is 1. The molecule has 0 bridgehead atoms. The molecule has 2 heterocycles. The molecule has 1 saturated heterocycles. The third-order valence-electron chi connectivity index (χ3n) is 3.09. The number of nitrogens with one attached hydrogen (secondary N) is 3. The molecule has 1 aliphatic rings. The van der Waals surface area contributed by atoms with Crippen LogP contribution in [-0.4, -0.2) is 48.3 Å². The molecule has 1 aromatic heterocycles. The first-order chi connectivity index (χ1) is 8.64. The lowest BCUT2D eigenvalue weighted by atomic mass is 10.0. The summed E-state index contributed by atoms with van der Waals surface area (Å²) in [5.74, 6) is 0.305. The van der Waals surface area contributed by atoms with Crippen LogP contribution in [0.15, 0.2) is 18.3 Å². The predicted molar refractivity (Wildman–Crippen MR) is 68.6 cm³/mol. The topological polar surface area (TPSA) is 86.3 Å². The predicted octanol–water partition coefficient (Wildman–Crippen LogP) is -0.422. The number of β-amino-alcohol motifs (C(OH)–C–C–N with tert-alkyl or cyclic N) is 1. The molecule has 4 N–H and O–H groups in total. The summed E-state index contributed by atoms with van der Waals surface area (Å²) in [6.07, 6.45) is 2.31. The number of nitrogens with zero attached hydrogens (tertiary/aromatic N) is 1. The molecule has 0 aliphatic carbocycles. The van der Waals surface area contributed by atoms with Crippen molar-refractivity contribution in [2.24, 2.45) is 0 Å². The Morgan fingerprint density at radius 2 is 2.50 bits per heavy atom. The van der Waals surface area contributed by atoms with Crippen LogP contribution in [0.5, 0.6) is 0 Å². The molecule has 0 saturated carbocycles. The molecule has 0 aromatic carbocycles. The lowest BCUT2D eigenvalue weighted by Gasteiger charge is -2.22. The Morgan fingerprint density at radius 1 is 1.67 bits per heavy atom. The molecule has 2 rings (SSSR count). The average Bonchev–Trinajstić information content (AvgIpc) is 2.83. The average molecular weight is 250 g/mol. The quantitative estimate of drug-likeness (QED) is 0.583. The number of hydrogen-bond acceptors (Lipinski definition) is 5. The van der Waals surface area contributed by atoms with E-state index in [-0.39, 0.29) is 5.91 Å². The largest absolute Gasteiger partial charge is 0.387 e. The number of pyridine rings is 1. The van der Waals surface area contributed by atoms with E-state index in [1.807, 2.05) is 0 Å². The van der Waals surface area contributed by atoms with Gasteiger partial charge in [-0.15, -0.1) is 0 Å². The van der Waals surface area contributed by atoms with E-state index in [4.69, 9.17) is 0 Å². The summed E-state index contributed by atoms with van der Waals surface area (Å²) in [6.45, 7) is 1.74. The maximum Gasteiger partial charge on any atom is 0.254 e. The minimum Gasteiger partial charge on any atom is -0.387 e. The molecule has 6 heteroatoms. The molecule has 1 atom stereocenters. The van der Waals surface area contributed by atoms with Gasteiger partial charge in [-0.05, 0) is 25.1 Å². The van der Waals surface area contributed by atoms with Crippen molar-refractivity contribution in [2.75, 3.05) is 32.0 Å². The van der Waals surface area contributed by atoms with Gasteiger partial charge in [0, 0.05) is 26.3 Å². The van der Waals surface area contributed by atoms with Crippen molar-refractivity contribution in [3.05, 3.63) is 23.9 Å². The maximum absolute atomic E-state index is 11.6. The van der Waals surface area contributed by atoms with E-state index in [2.05, 4.69) is 20.9 Å². The second kappa shape index (κ2) is 5.32. The number of aliphatic hydroxyl groups is 1. The summed E-state index contributed by atoms with van der Waals surface area (Å²) in [5, 5.41) is 18.9. The highest BCUT2D eigenvalue weighted by Gasteiger charge is 2.31. The first-order valence-electron chi connectivity index (χ1n) is 5.99. The van der Waals surface area contributed by atoms with Crippen molar-refractivity contribution in [2.45, 2.75) is 12.0 Å². The molecule has 1 amide bonds. The zero-order chi connectivity index (χ0) is 13.0. The molecule has 1 fully saturated rings. The van der Waals surface area contributed by atoms with Crippen LogP contribution in [0, 0.1) is 0 Å². The van der Waals surface area contributed by atoms with Crippen molar-refractivity contribution >= 4 is 11.7 Å². The van der Waals surface area contributed by atoms with Crippen LogP contribution in [0.2, 0.25) is 0 Å². The number of carbonyl (C=O) groups excluding carboxylic acids is 1. The van der Waals surface area contributed by atoms with Crippen LogP contribution in [0.1, 0.15) is 16.8 Å². The summed E-state index contributed by atoms with van der Waals surface area (Å²) in [5.41, 5.74) is -0.285. The second-order valence-electron chi connectivity index (χ2n) is 4.48. The molecule has 0 radical (unpaired) electrons. The smallest absolute Gasteiger partial charge is 0.254 e. The summed E-state index contributed by atoms with van der Waals surface area (Å²) in [4.78, 5) is 15.8. The van der Waals surface area contributed by atoms with Gasteiger partial charge in [-0.3, -0.25) is 4.79 Å². The third kappa shape index (κ3) is 2.77. The Bertz CT molecular complexity index is 430. The van der Waals surface area contributed by atoms with Crippen molar-refractivity contribution in [3.63, 3.8) is 0 Å². The minimum atomic E-state index is -0.766. The highest BCUT2D eigenvalue weighted by atomic mass is 16.3. The zero-order valence-corrected chi connectivity index (χ0v) is 10.4. The highest BCUT2D eigenvalue weighted by Crippen LogP contribution is 2.17. The fraction of sp³-hybridized carbons (Fsp3) is 0.500. The van der Waals surface area contributed by atoms with Gasteiger partial charge in [0.05, 0.1) is 11.2 Å². The van der Waals surface area contributed by atoms with Gasteiger partial charge in [0.1, 0.15) is 5.82 Å². The van der Waals surface area contributed by atoms with Crippen LogP contribution in [0.4, 0.5) is 5.82 Å². The van der Waals surface area contributed by atoms with E-state index in [1.54, 1.807) is 25.4 Å². The van der Waals surface area contributed by atoms with Gasteiger partial charge in [0.2, 0.25) is 0 Å². The maximum atomic E-state index is 11.6. The Hall–Kier alpha value is -1.66. The van der Waals surface area contributed by atoms with Crippen molar-refractivity contribution in [1.82, 2.24) is 15.6 Å². The lowest BCUT2D eigenvalue weighted by Crippen LogP contribution is -2.39. The molecule has 1 aromatic rings. The van der Waals surface area contributed by atoms with E-state index in [1.165, 1.54) is 0 Å². The van der Waals surface area contributed by atoms with Crippen LogP contribution in [0.25, 0.3) is 0 Å². The number of carbonyl (C=O) groups is 1. The summed E-state index contributed by atoms with van der Waals surface area (Å²) < 4.78 is 0. The summed E-state index contributed by atoms with van der Waals surface area (Å²) in [6, 6.07) is 3.41. The van der Waals surface area contributed by atoms with Gasteiger partial charge >= 0.3 is 0 Å². The van der Waals surface area contributed by atoms with Gasteiger partial charge in [-0.1, -0.05) is 0 Å². The lowest BCUT2D eigenvalue weighted by molar-refractivity contribution is 0.0750. The van der Waals surface area contributed by atoms with E-state index in [0.717, 1.165) is 6.54 Å². The molecule has 1 unspecified atom stereocenters. The standard InChI is InChI=1S/C12H18N4O2/c1-13-11(17)9-3-2-5-15-10(9)16-8-12(18)4-6-14-7-12/h2-3,5,14,18H,4,6-8H2,1H3,(H,13,17)(H,15,16). The van der Waals surface area contributed by atoms with E-state index in [0.29, 0.717) is 30.9 Å². The third-order valence-corrected chi connectivity index (χ3v) is 3.09. The van der Waals surface area contributed by atoms with Gasteiger partial charge in [-0.25, -0.2) is 4.98 Å². The van der Waals surface area contributed by atoms with Gasteiger partial charge in [0.15, 0.2) is 0 Å². The van der Waals surface area contributed by atoms with Crippen molar-refractivity contribution in [3.8, 4) is 0 Å². The number of aromatic nitrogens is 1. The van der Waals surface area contributed by atoms with Gasteiger partial charge in [-0.2, -0.15) is 0 Å². The fourth-order valence-electron chi connectivity index (χ4n) is 1.99. The number of hydrogen-bond donors (Lipinski definition) is 4. The fourth-order valence-corrected chi connectivity index (χ4v) is 1.99. The van der Waals surface area contributed by atoms with Crippen molar-refractivity contribution < 1.29 is 9.90 Å². The highest BCUT2D eigenvalue weighted by molar-refractivity contribution is 5.98. The molecule has 18 heavy (non-hydrogen) atoms. The molecular formula is C12H18N4O2. The Labute approximate surface area is 106 Å². The normalized spacial score (nSPS) is 22.8. The first kappa shape index (κ1) is 12.8. The van der Waals surface area contributed by atoms with E-state index in [9.17, 15) is 9.90 Å². The summed E-state index contributed by atoms with van der Waals surface area (Å²) >= 11 is 0. The monoisotopic (exact) mass is 250 g/mol. The van der Waals surface area contributed by atoms with Gasteiger partial charge in [0.25, 0.3) is 5.91 Å². The van der Waals surface area contributed by atoms with Crippen molar-refractivity contribution in [1.29, 1.82) is 0 Å². The Balaban J connectivity index is 2.07. The molecular weight excluding hydrogens is 232 g/mol. The molecule has 98 valence electrons. The van der Waals surface area contributed by atoms with E-state index < -0.39 is 5.60 Å². The SMILES string of the molecule is CNC(=O)c1cccnc1NCC1(O)CCNC1. The van der Waals surface area contributed by atoms with Crippen LogP contribution < -0.4 is 16.0 Å². The van der Waals surface area contributed by atoms with Gasteiger partial charge < -0.3 is 21.1 Å². The molecule has 6 nitrogen and oxygen atoms in total. The number of amides is 1. The first-order valence-corrected chi connectivity index (χ1v) is 5.99. The Kier molecular flexibility index (Phi) is 3.78.